The fourth-order valence-corrected chi connectivity index (χ4v) is 3.15. The van der Waals surface area contributed by atoms with Crippen molar-refractivity contribution < 1.29 is 14.3 Å². The van der Waals surface area contributed by atoms with Crippen molar-refractivity contribution in [2.75, 3.05) is 20.2 Å². The van der Waals surface area contributed by atoms with E-state index in [1.807, 2.05) is 4.90 Å². The van der Waals surface area contributed by atoms with Gasteiger partial charge in [0.15, 0.2) is 0 Å². The molecule has 2 aliphatic rings. The molecule has 110 valence electrons. The lowest BCUT2D eigenvalue weighted by atomic mass is 9.86. The van der Waals surface area contributed by atoms with Crippen LogP contribution in [0.2, 0.25) is 0 Å². The van der Waals surface area contributed by atoms with Crippen LogP contribution >= 0.6 is 0 Å². The molecule has 0 unspecified atom stereocenters. The van der Waals surface area contributed by atoms with Crippen LogP contribution in [0.15, 0.2) is 30.6 Å². The molecule has 2 heterocycles. The minimum absolute atomic E-state index is 0.0531. The lowest BCUT2D eigenvalue weighted by molar-refractivity contribution is 0.0600. The molecule has 0 N–H and O–H groups in total. The van der Waals surface area contributed by atoms with Crippen molar-refractivity contribution in [2.24, 2.45) is 11.8 Å². The summed E-state index contributed by atoms with van der Waals surface area (Å²) in [5.74, 6) is 0.602. The van der Waals surface area contributed by atoms with Crippen LogP contribution in [-0.2, 0) is 4.74 Å². The maximum atomic E-state index is 12.6. The highest BCUT2D eigenvalue weighted by atomic mass is 16.5. The second-order valence-electron chi connectivity index (χ2n) is 5.63. The average Bonchev–Trinajstić information content (AvgIpc) is 2.97. The highest BCUT2D eigenvalue weighted by Crippen LogP contribution is 2.33. The largest absolute Gasteiger partial charge is 0.465 e. The summed E-state index contributed by atoms with van der Waals surface area (Å²) in [5, 5.41) is 0. The molecule has 1 aliphatic carbocycles. The zero-order chi connectivity index (χ0) is 14.8. The Morgan fingerprint density at radius 2 is 1.76 bits per heavy atom. The quantitative estimate of drug-likeness (QED) is 0.615. The van der Waals surface area contributed by atoms with E-state index in [9.17, 15) is 9.59 Å². The van der Waals surface area contributed by atoms with E-state index in [2.05, 4.69) is 21.9 Å². The fourth-order valence-electron chi connectivity index (χ4n) is 3.15. The number of nitrogens with zero attached hydrogens (tertiary/aromatic N) is 2. The summed E-state index contributed by atoms with van der Waals surface area (Å²) in [7, 11) is 1.31. The molecule has 0 radical (unpaired) electrons. The van der Waals surface area contributed by atoms with Crippen LogP contribution in [0.4, 0.5) is 0 Å². The number of rotatable bonds is 2. The Hall–Kier alpha value is -2.17. The molecule has 5 nitrogen and oxygen atoms in total. The van der Waals surface area contributed by atoms with Gasteiger partial charge in [0.05, 0.1) is 18.2 Å². The summed E-state index contributed by atoms with van der Waals surface area (Å²) in [5.41, 5.74) is 0.756. The van der Waals surface area contributed by atoms with Gasteiger partial charge in [-0.1, -0.05) is 12.2 Å². The van der Waals surface area contributed by atoms with E-state index >= 15 is 0 Å². The first-order valence-corrected chi connectivity index (χ1v) is 7.16. The Morgan fingerprint density at radius 1 is 1.14 bits per heavy atom. The van der Waals surface area contributed by atoms with Crippen LogP contribution in [0.1, 0.15) is 33.6 Å². The number of esters is 1. The van der Waals surface area contributed by atoms with Gasteiger partial charge in [0.1, 0.15) is 0 Å². The Kier molecular flexibility index (Phi) is 3.73. The van der Waals surface area contributed by atoms with E-state index in [0.717, 1.165) is 25.9 Å². The molecule has 3 rings (SSSR count). The number of allylic oxidation sites excluding steroid dienone is 2. The Bertz CT molecular complexity index is 581. The third-order valence-electron chi connectivity index (χ3n) is 4.31. The number of hydrogen-bond acceptors (Lipinski definition) is 4. The minimum Gasteiger partial charge on any atom is -0.465 e. The topological polar surface area (TPSA) is 59.5 Å². The molecule has 2 atom stereocenters. The van der Waals surface area contributed by atoms with Crippen LogP contribution < -0.4 is 0 Å². The fraction of sp³-hybridized carbons (Fsp3) is 0.438. The zero-order valence-corrected chi connectivity index (χ0v) is 12.0. The molecule has 1 saturated heterocycles. The monoisotopic (exact) mass is 286 g/mol. The molecule has 1 amide bonds. The van der Waals surface area contributed by atoms with Gasteiger partial charge in [-0.3, -0.25) is 9.78 Å². The molecule has 1 fully saturated rings. The summed E-state index contributed by atoms with van der Waals surface area (Å²) in [4.78, 5) is 29.9. The van der Waals surface area contributed by atoms with Crippen molar-refractivity contribution in [2.45, 2.75) is 12.8 Å². The van der Waals surface area contributed by atoms with Gasteiger partial charge in [0, 0.05) is 25.5 Å². The van der Waals surface area contributed by atoms with Crippen LogP contribution in [0.3, 0.4) is 0 Å². The Balaban J connectivity index is 1.75. The molecule has 1 aromatic rings. The van der Waals surface area contributed by atoms with Crippen LogP contribution in [0.5, 0.6) is 0 Å². The smallest absolute Gasteiger partial charge is 0.339 e. The molecular weight excluding hydrogens is 268 g/mol. The van der Waals surface area contributed by atoms with Crippen molar-refractivity contribution in [3.8, 4) is 0 Å². The first-order chi connectivity index (χ1) is 10.2. The van der Waals surface area contributed by atoms with Gasteiger partial charge in [-0.05, 0) is 30.7 Å². The second-order valence-corrected chi connectivity index (χ2v) is 5.63. The lowest BCUT2D eigenvalue weighted by Crippen LogP contribution is -2.29. The molecule has 0 aromatic carbocycles. The SMILES string of the molecule is COC(=O)c1cncc(C(=O)N2C[C@H]3CC=CC[C@@H]3C2)c1. The van der Waals surface area contributed by atoms with E-state index in [1.165, 1.54) is 19.5 Å². The molecule has 0 bridgehead atoms. The number of pyridine rings is 1. The Labute approximate surface area is 123 Å². The number of methoxy groups -OCH3 is 1. The van der Waals surface area contributed by atoms with Crippen molar-refractivity contribution in [3.05, 3.63) is 41.7 Å². The summed E-state index contributed by atoms with van der Waals surface area (Å²) < 4.78 is 4.66. The number of hydrogen-bond donors (Lipinski definition) is 0. The van der Waals surface area contributed by atoms with Crippen LogP contribution in [0, 0.1) is 11.8 Å². The number of carbonyl (C=O) groups excluding carboxylic acids is 2. The summed E-state index contributed by atoms with van der Waals surface area (Å²) in [6.45, 7) is 1.58. The van der Waals surface area contributed by atoms with Gasteiger partial charge in [-0.25, -0.2) is 4.79 Å². The zero-order valence-electron chi connectivity index (χ0n) is 12.0. The van der Waals surface area contributed by atoms with Crippen LogP contribution in [0.25, 0.3) is 0 Å². The minimum atomic E-state index is -0.476. The Morgan fingerprint density at radius 3 is 2.38 bits per heavy atom. The van der Waals surface area contributed by atoms with Gasteiger partial charge in [0.2, 0.25) is 0 Å². The third kappa shape index (κ3) is 2.68. The van der Waals surface area contributed by atoms with Crippen LogP contribution in [-0.4, -0.2) is 42.0 Å². The number of carbonyl (C=O) groups is 2. The summed E-state index contributed by atoms with van der Waals surface area (Å²) in [6.07, 6.45) is 9.43. The normalized spacial score (nSPS) is 23.8. The third-order valence-corrected chi connectivity index (χ3v) is 4.31. The van der Waals surface area contributed by atoms with E-state index in [1.54, 1.807) is 6.07 Å². The van der Waals surface area contributed by atoms with E-state index in [0.29, 0.717) is 23.0 Å². The van der Waals surface area contributed by atoms with E-state index in [-0.39, 0.29) is 5.91 Å². The van der Waals surface area contributed by atoms with Gasteiger partial charge in [0.25, 0.3) is 5.91 Å². The molecule has 21 heavy (non-hydrogen) atoms. The number of aromatic nitrogens is 1. The molecule has 0 spiro atoms. The first kappa shape index (κ1) is 13.8. The van der Waals surface area contributed by atoms with Crippen molar-refractivity contribution in [3.63, 3.8) is 0 Å². The standard InChI is InChI=1S/C16H18N2O3/c1-21-16(20)14-6-13(7-17-8-14)15(19)18-9-11-4-2-3-5-12(11)10-18/h2-3,6-8,11-12H,4-5,9-10H2,1H3/t11-,12-/m1/s1. The molecule has 1 aliphatic heterocycles. The van der Waals surface area contributed by atoms with Crippen molar-refractivity contribution in [1.29, 1.82) is 0 Å². The number of likely N-dealkylation sites (tertiary alicyclic amines) is 1. The predicted molar refractivity (Wildman–Crippen MR) is 76.8 cm³/mol. The maximum absolute atomic E-state index is 12.6. The van der Waals surface area contributed by atoms with Gasteiger partial charge in [-0.15, -0.1) is 0 Å². The van der Waals surface area contributed by atoms with E-state index in [4.69, 9.17) is 0 Å². The van der Waals surface area contributed by atoms with Gasteiger partial charge >= 0.3 is 5.97 Å². The maximum Gasteiger partial charge on any atom is 0.339 e. The average molecular weight is 286 g/mol. The number of fused-ring (bicyclic) bond motifs is 1. The predicted octanol–water partition coefficient (Wildman–Crippen LogP) is 1.91. The highest BCUT2D eigenvalue weighted by molar-refractivity contribution is 5.97. The molecular formula is C16H18N2O3. The first-order valence-electron chi connectivity index (χ1n) is 7.16. The van der Waals surface area contributed by atoms with Crippen molar-refractivity contribution in [1.82, 2.24) is 9.88 Å². The molecule has 1 aromatic heterocycles. The number of ether oxygens (including phenoxy) is 1. The number of amides is 1. The van der Waals surface area contributed by atoms with Gasteiger partial charge in [-0.2, -0.15) is 0 Å². The lowest BCUT2D eigenvalue weighted by Gasteiger charge is -2.17. The molecule has 0 saturated carbocycles. The second kappa shape index (κ2) is 5.68. The molecule has 5 heteroatoms. The summed E-state index contributed by atoms with van der Waals surface area (Å²) in [6, 6.07) is 1.56. The highest BCUT2D eigenvalue weighted by Gasteiger charge is 2.35. The summed E-state index contributed by atoms with van der Waals surface area (Å²) >= 11 is 0. The van der Waals surface area contributed by atoms with Gasteiger partial charge < -0.3 is 9.64 Å². The van der Waals surface area contributed by atoms with Crippen molar-refractivity contribution >= 4 is 11.9 Å². The van der Waals surface area contributed by atoms with E-state index < -0.39 is 5.97 Å².